The van der Waals surface area contributed by atoms with Crippen molar-refractivity contribution in [1.29, 1.82) is 0 Å². The molecule has 9 heteroatoms. The third kappa shape index (κ3) is 2.88. The van der Waals surface area contributed by atoms with Crippen LogP contribution in [0.3, 0.4) is 0 Å². The second-order valence-corrected chi connectivity index (χ2v) is 4.81. The number of hydrogen-bond donors (Lipinski definition) is 3. The van der Waals surface area contributed by atoms with Crippen molar-refractivity contribution < 1.29 is 17.9 Å². The summed E-state index contributed by atoms with van der Waals surface area (Å²) in [6.45, 7) is 0. The Bertz CT molecular complexity index is 605. The second-order valence-electron chi connectivity index (χ2n) is 3.24. The van der Waals surface area contributed by atoms with Gasteiger partial charge in [0.25, 0.3) is 10.0 Å². The summed E-state index contributed by atoms with van der Waals surface area (Å²) in [6.07, 6.45) is 0. The largest absolute Gasteiger partial charge is 0.465 e. The van der Waals surface area contributed by atoms with Crippen LogP contribution in [0.1, 0.15) is 10.4 Å². The summed E-state index contributed by atoms with van der Waals surface area (Å²) in [5.74, 6) is -1.24. The number of methoxy groups -OCH3 is 1. The topological polar surface area (TPSA) is 151 Å². The standard InChI is InChI=1S/C9H12N4O4S/c1-17-8(14)5-2-3-7(6(10)4-5)18(15,16)13-9(11)12/h2-4H,10H2,1H3,(H4,11,12,13). The highest BCUT2D eigenvalue weighted by atomic mass is 32.2. The third-order valence-electron chi connectivity index (χ3n) is 1.93. The van der Waals surface area contributed by atoms with Gasteiger partial charge in [0.05, 0.1) is 18.4 Å². The van der Waals surface area contributed by atoms with E-state index in [1.165, 1.54) is 19.2 Å². The number of rotatable bonds is 3. The molecule has 0 fully saturated rings. The molecule has 18 heavy (non-hydrogen) atoms. The van der Waals surface area contributed by atoms with Gasteiger partial charge in [0.1, 0.15) is 4.90 Å². The molecular weight excluding hydrogens is 260 g/mol. The van der Waals surface area contributed by atoms with Gasteiger partial charge in [0, 0.05) is 0 Å². The number of benzene rings is 1. The van der Waals surface area contributed by atoms with Gasteiger partial charge in [-0.15, -0.1) is 4.40 Å². The first kappa shape index (κ1) is 13.8. The molecule has 1 rings (SSSR count). The lowest BCUT2D eigenvalue weighted by Gasteiger charge is -2.05. The minimum atomic E-state index is -4.08. The monoisotopic (exact) mass is 272 g/mol. The van der Waals surface area contributed by atoms with Crippen LogP contribution in [0.4, 0.5) is 5.69 Å². The zero-order chi connectivity index (χ0) is 13.9. The maximum atomic E-state index is 11.7. The van der Waals surface area contributed by atoms with E-state index < -0.39 is 22.0 Å². The summed E-state index contributed by atoms with van der Waals surface area (Å²) in [6, 6.07) is 3.54. The van der Waals surface area contributed by atoms with Crippen molar-refractivity contribution >= 4 is 27.6 Å². The number of anilines is 1. The molecule has 8 nitrogen and oxygen atoms in total. The number of carbonyl (C=O) groups is 1. The number of nitrogens with zero attached hydrogens (tertiary/aromatic N) is 1. The minimum absolute atomic E-state index is 0.124. The van der Waals surface area contributed by atoms with Gasteiger partial charge in [-0.2, -0.15) is 8.42 Å². The SMILES string of the molecule is COC(=O)c1ccc(S(=O)(=O)N=C(N)N)c(N)c1. The Hall–Kier alpha value is -2.29. The molecular formula is C9H12N4O4S. The Morgan fingerprint density at radius 3 is 2.39 bits per heavy atom. The van der Waals surface area contributed by atoms with Crippen LogP contribution in [0, 0.1) is 0 Å². The molecule has 0 radical (unpaired) electrons. The van der Waals surface area contributed by atoms with Gasteiger partial charge < -0.3 is 21.9 Å². The molecule has 0 unspecified atom stereocenters. The molecule has 0 bridgehead atoms. The average Bonchev–Trinajstić information content (AvgIpc) is 2.25. The highest BCUT2D eigenvalue weighted by Gasteiger charge is 2.18. The first-order valence-corrected chi connectivity index (χ1v) is 6.05. The fraction of sp³-hybridized carbons (Fsp3) is 0.111. The van der Waals surface area contributed by atoms with E-state index in [1.807, 2.05) is 0 Å². The summed E-state index contributed by atoms with van der Waals surface area (Å²) in [5.41, 5.74) is 15.5. The fourth-order valence-electron chi connectivity index (χ4n) is 1.22. The molecule has 1 aromatic rings. The molecule has 0 atom stereocenters. The number of sulfonamides is 1. The molecule has 98 valence electrons. The van der Waals surface area contributed by atoms with Crippen LogP contribution >= 0.6 is 0 Å². The Labute approximate surface area is 103 Å². The highest BCUT2D eigenvalue weighted by molar-refractivity contribution is 7.90. The van der Waals surface area contributed by atoms with Crippen LogP contribution < -0.4 is 17.2 Å². The Balaban J connectivity index is 3.31. The van der Waals surface area contributed by atoms with Gasteiger partial charge in [-0.25, -0.2) is 4.79 Å². The number of nitrogen functional groups attached to an aromatic ring is 1. The predicted octanol–water partition coefficient (Wildman–Crippen LogP) is -0.982. The number of guanidine groups is 1. The fourth-order valence-corrected chi connectivity index (χ4v) is 2.19. The van der Waals surface area contributed by atoms with E-state index in [1.54, 1.807) is 0 Å². The van der Waals surface area contributed by atoms with Crippen molar-refractivity contribution in [2.75, 3.05) is 12.8 Å². The van der Waals surface area contributed by atoms with Crippen LogP contribution in [0.2, 0.25) is 0 Å². The summed E-state index contributed by atoms with van der Waals surface area (Å²) in [7, 11) is -2.88. The smallest absolute Gasteiger partial charge is 0.337 e. The van der Waals surface area contributed by atoms with Crippen LogP contribution in [0.5, 0.6) is 0 Å². The average molecular weight is 272 g/mol. The summed E-state index contributed by atoms with van der Waals surface area (Å²) in [4.78, 5) is 10.9. The summed E-state index contributed by atoms with van der Waals surface area (Å²) >= 11 is 0. The number of hydrogen-bond acceptors (Lipinski definition) is 5. The quantitative estimate of drug-likeness (QED) is 0.277. The van der Waals surface area contributed by atoms with Crippen molar-refractivity contribution in [2.24, 2.45) is 15.9 Å². The normalized spacial score (nSPS) is 10.7. The zero-order valence-corrected chi connectivity index (χ0v) is 10.3. The van der Waals surface area contributed by atoms with E-state index >= 15 is 0 Å². The molecule has 0 spiro atoms. The maximum Gasteiger partial charge on any atom is 0.337 e. The first-order chi connectivity index (χ1) is 8.27. The summed E-state index contributed by atoms with van der Waals surface area (Å²) in [5, 5.41) is 0. The molecule has 0 heterocycles. The summed E-state index contributed by atoms with van der Waals surface area (Å²) < 4.78 is 30.9. The number of esters is 1. The lowest BCUT2D eigenvalue weighted by Crippen LogP contribution is -2.24. The predicted molar refractivity (Wildman–Crippen MR) is 65.2 cm³/mol. The molecule has 0 aliphatic rings. The van der Waals surface area contributed by atoms with Crippen LogP contribution in [-0.4, -0.2) is 27.5 Å². The second kappa shape index (κ2) is 4.92. The minimum Gasteiger partial charge on any atom is -0.465 e. The van der Waals surface area contributed by atoms with Gasteiger partial charge in [0.2, 0.25) is 5.96 Å². The van der Waals surface area contributed by atoms with E-state index in [-0.39, 0.29) is 16.1 Å². The Morgan fingerprint density at radius 1 is 1.33 bits per heavy atom. The molecule has 0 saturated heterocycles. The van der Waals surface area contributed by atoms with Crippen molar-refractivity contribution in [3.8, 4) is 0 Å². The van der Waals surface area contributed by atoms with Crippen molar-refractivity contribution in [3.63, 3.8) is 0 Å². The molecule has 0 saturated carbocycles. The van der Waals surface area contributed by atoms with Gasteiger partial charge >= 0.3 is 5.97 Å². The molecule has 0 amide bonds. The lowest BCUT2D eigenvalue weighted by atomic mass is 10.2. The van der Waals surface area contributed by atoms with Gasteiger partial charge in [-0.05, 0) is 18.2 Å². The highest BCUT2D eigenvalue weighted by Crippen LogP contribution is 2.22. The van der Waals surface area contributed by atoms with E-state index in [0.29, 0.717) is 0 Å². The Morgan fingerprint density at radius 2 is 1.94 bits per heavy atom. The van der Waals surface area contributed by atoms with Crippen LogP contribution in [-0.2, 0) is 14.8 Å². The first-order valence-electron chi connectivity index (χ1n) is 4.61. The molecule has 0 aromatic heterocycles. The zero-order valence-electron chi connectivity index (χ0n) is 9.45. The number of ether oxygens (including phenoxy) is 1. The van der Waals surface area contributed by atoms with E-state index in [0.717, 1.165) is 6.07 Å². The van der Waals surface area contributed by atoms with Crippen molar-refractivity contribution in [3.05, 3.63) is 23.8 Å². The Kier molecular flexibility index (Phi) is 3.76. The van der Waals surface area contributed by atoms with Gasteiger partial charge in [-0.3, -0.25) is 0 Å². The van der Waals surface area contributed by atoms with Crippen molar-refractivity contribution in [2.45, 2.75) is 4.90 Å². The maximum absolute atomic E-state index is 11.7. The lowest BCUT2D eigenvalue weighted by molar-refractivity contribution is 0.0600. The van der Waals surface area contributed by atoms with Crippen LogP contribution in [0.15, 0.2) is 27.5 Å². The number of nitrogens with two attached hydrogens (primary N) is 3. The molecule has 6 N–H and O–H groups in total. The van der Waals surface area contributed by atoms with E-state index in [9.17, 15) is 13.2 Å². The van der Waals surface area contributed by atoms with E-state index in [4.69, 9.17) is 17.2 Å². The molecule has 0 aliphatic heterocycles. The number of carbonyl (C=O) groups excluding carboxylic acids is 1. The van der Waals surface area contributed by atoms with Gasteiger partial charge in [-0.1, -0.05) is 0 Å². The van der Waals surface area contributed by atoms with Gasteiger partial charge in [0.15, 0.2) is 0 Å². The van der Waals surface area contributed by atoms with E-state index in [2.05, 4.69) is 9.13 Å². The van der Waals surface area contributed by atoms with Crippen LogP contribution in [0.25, 0.3) is 0 Å². The third-order valence-corrected chi connectivity index (χ3v) is 3.31. The van der Waals surface area contributed by atoms with Crippen molar-refractivity contribution in [1.82, 2.24) is 0 Å². The molecule has 1 aromatic carbocycles. The molecule has 0 aliphatic carbocycles.